The number of aryl methyl sites for hydroxylation is 1. The molecule has 0 amide bonds. The fraction of sp³-hybridized carbons (Fsp3) is 0.314. The lowest BCUT2D eigenvalue weighted by molar-refractivity contribution is 0.403. The van der Waals surface area contributed by atoms with Crippen LogP contribution in [-0.2, 0) is 27.1 Å². The molecule has 2 heterocycles. The van der Waals surface area contributed by atoms with Crippen molar-refractivity contribution < 1.29 is 0 Å². The molecule has 2 aliphatic heterocycles. The Labute approximate surface area is 432 Å². The van der Waals surface area contributed by atoms with Gasteiger partial charge in [0.1, 0.15) is 0 Å². The fourth-order valence-electron chi connectivity index (χ4n) is 13.4. The van der Waals surface area contributed by atoms with Crippen LogP contribution in [0.25, 0.3) is 11.1 Å². The minimum Gasteiger partial charge on any atom is -0.310 e. The third-order valence-corrected chi connectivity index (χ3v) is 17.0. The van der Waals surface area contributed by atoms with Crippen molar-refractivity contribution in [3.8, 4) is 11.1 Å². The Balaban J connectivity index is 1.33. The van der Waals surface area contributed by atoms with E-state index < -0.39 is 0 Å². The monoisotopic (exact) mass is 940 g/mol. The van der Waals surface area contributed by atoms with Crippen molar-refractivity contribution in [1.29, 1.82) is 0 Å². The number of hydrogen-bond acceptors (Lipinski definition) is 1. The zero-order chi connectivity index (χ0) is 50.9. The van der Waals surface area contributed by atoms with Crippen LogP contribution in [0.4, 0.5) is 17.1 Å². The molecule has 0 saturated heterocycles. The lowest BCUT2D eigenvalue weighted by Crippen LogP contribution is -2.63. The molecule has 0 bridgehead atoms. The molecule has 11 rings (SSSR count). The first kappa shape index (κ1) is 47.9. The second kappa shape index (κ2) is 16.8. The van der Waals surface area contributed by atoms with Gasteiger partial charge in [-0.2, -0.15) is 0 Å². The summed E-state index contributed by atoms with van der Waals surface area (Å²) in [4.78, 5) is 2.51. The van der Waals surface area contributed by atoms with Crippen LogP contribution in [0.3, 0.4) is 0 Å². The van der Waals surface area contributed by atoms with Gasteiger partial charge in [-0.25, -0.2) is 0 Å². The third kappa shape index (κ3) is 8.00. The highest BCUT2D eigenvalue weighted by molar-refractivity contribution is 6.97. The number of fused-ring (bicyclic) bond motifs is 5. The molecule has 0 fully saturated rings. The maximum atomic E-state index is 2.72. The molecule has 3 aliphatic rings. The molecule has 2 atom stereocenters. The van der Waals surface area contributed by atoms with Crippen molar-refractivity contribution in [2.45, 2.75) is 142 Å². The first-order chi connectivity index (χ1) is 34.0. The van der Waals surface area contributed by atoms with Gasteiger partial charge in [0.25, 0.3) is 0 Å². The predicted octanol–water partition coefficient (Wildman–Crippen LogP) is 16.5. The van der Waals surface area contributed by atoms with Gasteiger partial charge >= 0.3 is 0 Å². The Morgan fingerprint density at radius 2 is 0.861 bits per heavy atom. The van der Waals surface area contributed by atoms with Gasteiger partial charge in [0.2, 0.25) is 6.71 Å². The summed E-state index contributed by atoms with van der Waals surface area (Å²) in [6.45, 7) is 33.6. The van der Waals surface area contributed by atoms with Crippen LogP contribution >= 0.6 is 0 Å². The Hall–Kier alpha value is -6.38. The average Bonchev–Trinajstić information content (AvgIpc) is 3.52. The highest BCUT2D eigenvalue weighted by atomic mass is 15.1. The second-order valence-electron chi connectivity index (χ2n) is 26.1. The molecule has 8 aromatic rings. The maximum absolute atomic E-state index is 2.72. The normalized spacial score (nSPS) is 17.4. The SMILES string of the molecule is Cc1cc(C(C)(C)C)ccc1C1c2cc3c(cc2B2c4cc(C(C)(C)C)ccc4C(c4ccc(C(C)(C)C)cc4-c4ccccc4)c4cc(N(c5ccccc5)c5ccccc5)cc1c42)C(C)(C)CC3(C)C. The molecular formula is C70H74BN. The lowest BCUT2D eigenvalue weighted by Gasteiger charge is -2.44. The average molecular weight is 940 g/mol. The minimum absolute atomic E-state index is 0.00189. The van der Waals surface area contributed by atoms with E-state index in [4.69, 9.17) is 0 Å². The topological polar surface area (TPSA) is 3.24 Å². The molecular weight excluding hydrogens is 866 g/mol. The van der Waals surface area contributed by atoms with Crippen LogP contribution in [0.15, 0.2) is 170 Å². The smallest absolute Gasteiger partial charge is 0.242 e. The maximum Gasteiger partial charge on any atom is 0.242 e. The largest absolute Gasteiger partial charge is 0.310 e. The molecule has 2 heteroatoms. The van der Waals surface area contributed by atoms with Gasteiger partial charge in [-0.05, 0) is 155 Å². The van der Waals surface area contributed by atoms with Gasteiger partial charge in [0.05, 0.1) is 0 Å². The van der Waals surface area contributed by atoms with E-state index in [0.29, 0.717) is 0 Å². The van der Waals surface area contributed by atoms with Crippen LogP contribution in [0.5, 0.6) is 0 Å². The Morgan fingerprint density at radius 1 is 0.417 bits per heavy atom. The van der Waals surface area contributed by atoms with Gasteiger partial charge in [0, 0.05) is 28.9 Å². The number of hydrogen-bond donors (Lipinski definition) is 0. The molecule has 72 heavy (non-hydrogen) atoms. The van der Waals surface area contributed by atoms with Crippen LogP contribution in [0, 0.1) is 6.92 Å². The number of nitrogens with zero attached hydrogens (tertiary/aromatic N) is 1. The summed E-state index contributed by atoms with van der Waals surface area (Å²) in [6, 6.07) is 66.5. The Morgan fingerprint density at radius 3 is 1.39 bits per heavy atom. The zero-order valence-electron chi connectivity index (χ0n) is 45.6. The summed E-state index contributed by atoms with van der Waals surface area (Å²) in [5.41, 5.74) is 27.4. The van der Waals surface area contributed by atoms with E-state index >= 15 is 0 Å². The molecule has 362 valence electrons. The number of anilines is 3. The van der Waals surface area contributed by atoms with Crippen LogP contribution in [0.2, 0.25) is 0 Å². The van der Waals surface area contributed by atoms with Gasteiger partial charge in [0.15, 0.2) is 0 Å². The summed E-state index contributed by atoms with van der Waals surface area (Å²) in [6.07, 6.45) is 1.12. The van der Waals surface area contributed by atoms with Gasteiger partial charge < -0.3 is 4.90 Å². The molecule has 0 spiro atoms. The highest BCUT2D eigenvalue weighted by Gasteiger charge is 2.49. The summed E-state index contributed by atoms with van der Waals surface area (Å²) < 4.78 is 0. The number of para-hydroxylation sites is 2. The van der Waals surface area contributed by atoms with E-state index in [9.17, 15) is 0 Å². The van der Waals surface area contributed by atoms with Crippen molar-refractivity contribution in [1.82, 2.24) is 0 Å². The summed E-state index contributed by atoms with van der Waals surface area (Å²) in [5, 5.41) is 0. The minimum atomic E-state index is -0.0482. The molecule has 0 N–H and O–H groups in total. The van der Waals surface area contributed by atoms with Gasteiger partial charge in [-0.1, -0.05) is 240 Å². The van der Waals surface area contributed by atoms with E-state index in [-0.39, 0.29) is 45.6 Å². The standard InChI is InChI=1S/C70H74BN/c1-44-36-46(66(2,3)4)30-33-52(44)63-56-41-59-60(70(13,14)43-69(59,11)12)42-62(56)71-61-38-48(68(8,9)10)32-35-54(61)64(53-34-31-47(67(5,6)7)37-55(53)45-24-18-15-19-25-45)58-40-51(39-57(63)65(58)71)72(49-26-20-16-21-27-49)50-28-22-17-23-29-50/h15-42,63-64H,43H2,1-14H3. The zero-order valence-corrected chi connectivity index (χ0v) is 45.6. The van der Waals surface area contributed by atoms with Crippen LogP contribution < -0.4 is 21.3 Å². The molecule has 0 radical (unpaired) electrons. The fourth-order valence-corrected chi connectivity index (χ4v) is 13.4. The molecule has 2 unspecified atom stereocenters. The molecule has 0 aromatic heterocycles. The predicted molar refractivity (Wildman–Crippen MR) is 310 cm³/mol. The van der Waals surface area contributed by atoms with Crippen molar-refractivity contribution in [2.75, 3.05) is 4.90 Å². The van der Waals surface area contributed by atoms with Gasteiger partial charge in [-0.15, -0.1) is 0 Å². The quantitative estimate of drug-likeness (QED) is 0.150. The second-order valence-corrected chi connectivity index (χ2v) is 26.1. The Kier molecular flexibility index (Phi) is 11.2. The van der Waals surface area contributed by atoms with E-state index in [1.165, 1.54) is 100.0 Å². The highest BCUT2D eigenvalue weighted by Crippen LogP contribution is 2.53. The summed E-state index contributed by atoms with van der Waals surface area (Å²) in [7, 11) is 0. The number of benzene rings is 8. The number of rotatable bonds is 6. The van der Waals surface area contributed by atoms with Gasteiger partial charge in [-0.3, -0.25) is 0 Å². The molecule has 8 aromatic carbocycles. The van der Waals surface area contributed by atoms with Crippen molar-refractivity contribution in [3.05, 3.63) is 237 Å². The first-order valence-corrected chi connectivity index (χ1v) is 26.7. The van der Waals surface area contributed by atoms with Crippen molar-refractivity contribution in [2.24, 2.45) is 0 Å². The lowest BCUT2D eigenvalue weighted by atomic mass is 9.28. The Bertz CT molecular complexity index is 3350. The molecule has 1 aliphatic carbocycles. The van der Waals surface area contributed by atoms with Crippen molar-refractivity contribution in [3.63, 3.8) is 0 Å². The summed E-state index contributed by atoms with van der Waals surface area (Å²) >= 11 is 0. The van der Waals surface area contributed by atoms with Crippen LogP contribution in [-0.4, -0.2) is 6.71 Å². The third-order valence-electron chi connectivity index (χ3n) is 17.0. The van der Waals surface area contributed by atoms with E-state index in [0.717, 1.165) is 17.8 Å². The molecule has 0 saturated carbocycles. The van der Waals surface area contributed by atoms with E-state index in [1.807, 2.05) is 0 Å². The van der Waals surface area contributed by atoms with Crippen LogP contribution in [0.1, 0.15) is 175 Å². The van der Waals surface area contributed by atoms with E-state index in [1.54, 1.807) is 0 Å². The first-order valence-electron chi connectivity index (χ1n) is 26.7. The molecule has 1 nitrogen and oxygen atoms in total. The summed E-state index contributed by atoms with van der Waals surface area (Å²) in [5.74, 6) is -0.0463. The van der Waals surface area contributed by atoms with E-state index in [2.05, 4.69) is 272 Å². The van der Waals surface area contributed by atoms with Crippen molar-refractivity contribution >= 4 is 40.2 Å².